The monoisotopic (exact) mass is 304 g/mol. The molecule has 104 valence electrons. The van der Waals surface area contributed by atoms with Crippen molar-refractivity contribution in [3.8, 4) is 5.75 Å². The van der Waals surface area contributed by atoms with Crippen LogP contribution in [0.4, 0.5) is 0 Å². The minimum atomic E-state index is -1.52. The average molecular weight is 305 g/mol. The number of hydrogen-bond donors (Lipinski definition) is 2. The van der Waals surface area contributed by atoms with E-state index in [9.17, 15) is 9.90 Å². The number of ether oxygens (including phenoxy) is 1. The normalized spacial score (nSPS) is 24.5. The number of carbonyl (C=O) groups is 1. The van der Waals surface area contributed by atoms with Crippen molar-refractivity contribution in [2.75, 3.05) is 0 Å². The number of halogens is 2. The molecular weight excluding hydrogens is 291 g/mol. The Morgan fingerprint density at radius 1 is 1.37 bits per heavy atom. The van der Waals surface area contributed by atoms with E-state index in [2.05, 4.69) is 0 Å². The Balaban J connectivity index is 2.59. The molecule has 1 aliphatic heterocycles. The molecule has 4 nitrogen and oxygen atoms in total. The zero-order valence-electron chi connectivity index (χ0n) is 10.5. The summed E-state index contributed by atoms with van der Waals surface area (Å²) in [5.41, 5.74) is -1.84. The fourth-order valence-corrected chi connectivity index (χ4v) is 2.84. The second kappa shape index (κ2) is 4.54. The van der Waals surface area contributed by atoms with Gasteiger partial charge in [0.15, 0.2) is 0 Å². The molecule has 2 N–H and O–H groups in total. The van der Waals surface area contributed by atoms with E-state index < -0.39 is 23.6 Å². The van der Waals surface area contributed by atoms with Crippen LogP contribution >= 0.6 is 23.2 Å². The molecule has 0 fully saturated rings. The highest BCUT2D eigenvalue weighted by atomic mass is 35.5. The number of rotatable bonds is 2. The van der Waals surface area contributed by atoms with E-state index >= 15 is 0 Å². The molecule has 1 aromatic rings. The molecule has 0 saturated heterocycles. The maximum Gasteiger partial charge on any atom is 0.306 e. The van der Waals surface area contributed by atoms with E-state index in [4.69, 9.17) is 33.0 Å². The Morgan fingerprint density at radius 3 is 2.53 bits per heavy atom. The standard InChI is InChI=1S/C13H14Cl2O4/c1-12(2)6-13(18,5-11(16)17)7-3-8(14)9(15)4-10(7)19-12/h3-4,18H,5-6H2,1-2H3,(H,16,17). The molecule has 2 rings (SSSR count). The molecule has 0 amide bonds. The van der Waals surface area contributed by atoms with Gasteiger partial charge in [-0.2, -0.15) is 0 Å². The van der Waals surface area contributed by atoms with E-state index in [1.165, 1.54) is 12.1 Å². The predicted octanol–water partition coefficient (Wildman–Crippen LogP) is 3.22. The number of aliphatic carboxylic acids is 1. The first kappa shape index (κ1) is 14.4. The van der Waals surface area contributed by atoms with Crippen molar-refractivity contribution in [1.82, 2.24) is 0 Å². The highest BCUT2D eigenvalue weighted by Gasteiger charge is 2.45. The van der Waals surface area contributed by atoms with Crippen molar-refractivity contribution in [2.24, 2.45) is 0 Å². The van der Waals surface area contributed by atoms with Crippen LogP contribution in [0.2, 0.25) is 10.0 Å². The third-order valence-corrected chi connectivity index (χ3v) is 3.79. The van der Waals surface area contributed by atoms with E-state index in [1.54, 1.807) is 13.8 Å². The van der Waals surface area contributed by atoms with Gasteiger partial charge >= 0.3 is 5.97 Å². The summed E-state index contributed by atoms with van der Waals surface area (Å²) in [4.78, 5) is 11.0. The van der Waals surface area contributed by atoms with Crippen LogP contribution in [0.3, 0.4) is 0 Å². The maximum absolute atomic E-state index is 11.0. The van der Waals surface area contributed by atoms with Crippen molar-refractivity contribution in [3.05, 3.63) is 27.7 Å². The molecule has 0 aliphatic carbocycles. The van der Waals surface area contributed by atoms with Crippen LogP contribution < -0.4 is 4.74 Å². The minimum Gasteiger partial charge on any atom is -0.487 e. The van der Waals surface area contributed by atoms with Gasteiger partial charge < -0.3 is 14.9 Å². The Hall–Kier alpha value is -0.970. The molecule has 6 heteroatoms. The summed E-state index contributed by atoms with van der Waals surface area (Å²) in [6.07, 6.45) is -0.248. The first-order valence-electron chi connectivity index (χ1n) is 5.76. The molecule has 0 radical (unpaired) electrons. The quantitative estimate of drug-likeness (QED) is 0.880. The third kappa shape index (κ3) is 2.81. The van der Waals surface area contributed by atoms with E-state index in [0.717, 1.165) is 0 Å². The van der Waals surface area contributed by atoms with Gasteiger partial charge in [-0.1, -0.05) is 23.2 Å². The summed E-state index contributed by atoms with van der Waals surface area (Å²) in [6, 6.07) is 2.98. The smallest absolute Gasteiger partial charge is 0.306 e. The van der Waals surface area contributed by atoms with Crippen LogP contribution in [-0.2, 0) is 10.4 Å². The van der Waals surface area contributed by atoms with Gasteiger partial charge in [-0.3, -0.25) is 4.79 Å². The third-order valence-electron chi connectivity index (χ3n) is 3.07. The van der Waals surface area contributed by atoms with E-state index in [0.29, 0.717) is 16.3 Å². The van der Waals surface area contributed by atoms with Crippen LogP contribution in [-0.4, -0.2) is 21.8 Å². The molecule has 0 saturated carbocycles. The maximum atomic E-state index is 11.0. The number of carboxylic acids is 1. The van der Waals surface area contributed by atoms with Gasteiger partial charge in [0.25, 0.3) is 0 Å². The zero-order chi connectivity index (χ0) is 14.4. The minimum absolute atomic E-state index is 0.164. The van der Waals surface area contributed by atoms with Crippen LogP contribution in [0.5, 0.6) is 5.75 Å². The Morgan fingerprint density at radius 2 is 1.95 bits per heavy atom. The van der Waals surface area contributed by atoms with Crippen LogP contribution in [0, 0.1) is 0 Å². The van der Waals surface area contributed by atoms with Crippen LogP contribution in [0.15, 0.2) is 12.1 Å². The predicted molar refractivity (Wildman–Crippen MR) is 71.9 cm³/mol. The number of benzene rings is 1. The molecule has 1 unspecified atom stereocenters. The molecule has 1 aromatic carbocycles. The molecule has 0 bridgehead atoms. The van der Waals surface area contributed by atoms with E-state index in [-0.39, 0.29) is 11.4 Å². The van der Waals surface area contributed by atoms with Crippen LogP contribution in [0.25, 0.3) is 0 Å². The Kier molecular flexibility index (Phi) is 3.45. The molecule has 1 aliphatic rings. The lowest BCUT2D eigenvalue weighted by atomic mass is 9.78. The van der Waals surface area contributed by atoms with Crippen molar-refractivity contribution in [1.29, 1.82) is 0 Å². The summed E-state index contributed by atoms with van der Waals surface area (Å²) in [5, 5.41) is 20.2. The highest BCUT2D eigenvalue weighted by Crippen LogP contribution is 2.47. The van der Waals surface area contributed by atoms with Gasteiger partial charge in [-0.05, 0) is 19.9 Å². The Bertz CT molecular complexity index is 542. The van der Waals surface area contributed by atoms with Gasteiger partial charge in [0.1, 0.15) is 17.0 Å². The first-order chi connectivity index (χ1) is 8.63. The fraction of sp³-hybridized carbons (Fsp3) is 0.462. The second-order valence-electron chi connectivity index (χ2n) is 5.40. The number of fused-ring (bicyclic) bond motifs is 1. The summed E-state index contributed by atoms with van der Waals surface area (Å²) < 4.78 is 5.74. The number of aliphatic hydroxyl groups is 1. The highest BCUT2D eigenvalue weighted by molar-refractivity contribution is 6.42. The lowest BCUT2D eigenvalue weighted by Gasteiger charge is -2.42. The van der Waals surface area contributed by atoms with Gasteiger partial charge in [-0.15, -0.1) is 0 Å². The molecule has 19 heavy (non-hydrogen) atoms. The molecule has 0 aromatic heterocycles. The van der Waals surface area contributed by atoms with Crippen molar-refractivity contribution in [3.63, 3.8) is 0 Å². The van der Waals surface area contributed by atoms with Gasteiger partial charge in [-0.25, -0.2) is 0 Å². The lowest BCUT2D eigenvalue weighted by molar-refractivity contribution is -0.147. The molecular formula is C13H14Cl2O4. The molecule has 0 spiro atoms. The lowest BCUT2D eigenvalue weighted by Crippen LogP contribution is -2.45. The van der Waals surface area contributed by atoms with Gasteiger partial charge in [0.2, 0.25) is 0 Å². The fourth-order valence-electron chi connectivity index (χ4n) is 2.52. The number of carboxylic acid groups (broad SMARTS) is 1. The summed E-state index contributed by atoms with van der Waals surface area (Å²) in [7, 11) is 0. The largest absolute Gasteiger partial charge is 0.487 e. The summed E-state index contributed by atoms with van der Waals surface area (Å²) in [6.45, 7) is 3.57. The molecule has 1 atom stereocenters. The van der Waals surface area contributed by atoms with E-state index in [1.807, 2.05) is 0 Å². The van der Waals surface area contributed by atoms with Crippen LogP contribution in [0.1, 0.15) is 32.3 Å². The first-order valence-corrected chi connectivity index (χ1v) is 6.51. The van der Waals surface area contributed by atoms with Crippen molar-refractivity contribution in [2.45, 2.75) is 37.9 Å². The Labute approximate surface area is 120 Å². The van der Waals surface area contributed by atoms with Crippen molar-refractivity contribution < 1.29 is 19.7 Å². The SMILES string of the molecule is CC1(C)CC(O)(CC(=O)O)c2cc(Cl)c(Cl)cc2O1. The van der Waals surface area contributed by atoms with Gasteiger partial charge in [0, 0.05) is 18.1 Å². The topological polar surface area (TPSA) is 66.8 Å². The van der Waals surface area contributed by atoms with Crippen molar-refractivity contribution >= 4 is 29.2 Å². The average Bonchev–Trinajstić information content (AvgIpc) is 2.18. The molecule has 1 heterocycles. The van der Waals surface area contributed by atoms with Gasteiger partial charge in [0.05, 0.1) is 16.5 Å². The summed E-state index contributed by atoms with van der Waals surface area (Å²) >= 11 is 11.9. The second-order valence-corrected chi connectivity index (χ2v) is 6.22. The summed E-state index contributed by atoms with van der Waals surface area (Å²) in [5.74, 6) is -0.716. The zero-order valence-corrected chi connectivity index (χ0v) is 12.0. The number of hydrogen-bond acceptors (Lipinski definition) is 3.